The fourth-order valence-electron chi connectivity index (χ4n) is 9.61. The van der Waals surface area contributed by atoms with Crippen molar-refractivity contribution in [2.75, 3.05) is 6.61 Å². The minimum absolute atomic E-state index is 0.219. The van der Waals surface area contributed by atoms with Gasteiger partial charge in [0.05, 0.1) is 18.8 Å². The summed E-state index contributed by atoms with van der Waals surface area (Å²) in [6.45, 7) is 3.83. The van der Waals surface area contributed by atoms with E-state index in [0.717, 1.165) is 44.9 Å². The van der Waals surface area contributed by atoms with Gasteiger partial charge in [-0.25, -0.2) is 4.57 Å². The van der Waals surface area contributed by atoms with Crippen molar-refractivity contribution in [1.82, 2.24) is 5.32 Å². The van der Waals surface area contributed by atoms with E-state index in [2.05, 4.69) is 19.2 Å². The smallest absolute Gasteiger partial charge is 0.387 e. The molecule has 0 aromatic heterocycles. The number of unbranched alkanes of at least 4 members (excludes halogenated alkanes) is 39. The molecule has 1 fully saturated rings. The highest BCUT2D eigenvalue weighted by molar-refractivity contribution is 7.47. The first-order chi connectivity index (χ1) is 33.4. The Kier molecular flexibility index (Phi) is 43.8. The number of aliphatic hydroxyl groups is 6. The van der Waals surface area contributed by atoms with E-state index in [1.54, 1.807) is 0 Å². The van der Waals surface area contributed by atoms with Crippen LogP contribution in [0.15, 0.2) is 12.2 Å². The molecular formula is C56H110NO11P. The fraction of sp³-hybridized carbons (Fsp3) is 0.946. The number of allylic oxidation sites excluding steroid dienone is 1. The highest BCUT2D eigenvalue weighted by Crippen LogP contribution is 2.47. The molecule has 69 heavy (non-hydrogen) atoms. The molecule has 1 saturated carbocycles. The van der Waals surface area contributed by atoms with E-state index in [9.17, 15) is 44.9 Å². The lowest BCUT2D eigenvalue weighted by atomic mass is 9.85. The van der Waals surface area contributed by atoms with Crippen LogP contribution in [-0.4, -0.2) is 96.8 Å². The molecule has 1 aliphatic rings. The Morgan fingerprint density at radius 1 is 0.478 bits per heavy atom. The molecular weight excluding hydrogens is 894 g/mol. The number of nitrogens with one attached hydrogen (secondary N) is 1. The van der Waals surface area contributed by atoms with Crippen molar-refractivity contribution in [3.63, 3.8) is 0 Å². The molecule has 9 atom stereocenters. The Morgan fingerprint density at radius 2 is 0.768 bits per heavy atom. The number of hydrogen-bond acceptors (Lipinski definition) is 10. The molecule has 6 unspecified atom stereocenters. The van der Waals surface area contributed by atoms with E-state index < -0.39 is 63.2 Å². The van der Waals surface area contributed by atoms with Crippen molar-refractivity contribution >= 4 is 13.7 Å². The summed E-state index contributed by atoms with van der Waals surface area (Å²) >= 11 is 0. The average molecular weight is 1000 g/mol. The van der Waals surface area contributed by atoms with Crippen LogP contribution < -0.4 is 5.32 Å². The van der Waals surface area contributed by atoms with Crippen molar-refractivity contribution in [3.8, 4) is 0 Å². The summed E-state index contributed by atoms with van der Waals surface area (Å²) in [7, 11) is -5.07. The topological polar surface area (TPSA) is 206 Å². The van der Waals surface area contributed by atoms with Crippen LogP contribution in [0.1, 0.15) is 284 Å². The van der Waals surface area contributed by atoms with Crippen molar-refractivity contribution < 1.29 is 53.9 Å². The third-order valence-corrected chi connectivity index (χ3v) is 15.3. The highest BCUT2D eigenvalue weighted by Gasteiger charge is 2.51. The summed E-state index contributed by atoms with van der Waals surface area (Å²) in [5, 5.41) is 64.0. The number of phosphoric ester groups is 1. The summed E-state index contributed by atoms with van der Waals surface area (Å²) in [5.41, 5.74) is 0. The van der Waals surface area contributed by atoms with Crippen molar-refractivity contribution in [2.45, 2.75) is 332 Å². The van der Waals surface area contributed by atoms with Crippen molar-refractivity contribution in [2.24, 2.45) is 0 Å². The quantitative estimate of drug-likeness (QED) is 0.0163. The molecule has 0 aliphatic heterocycles. The van der Waals surface area contributed by atoms with Gasteiger partial charge in [-0.05, 0) is 19.3 Å². The predicted octanol–water partition coefficient (Wildman–Crippen LogP) is 13.1. The van der Waals surface area contributed by atoms with Gasteiger partial charge in [-0.2, -0.15) is 0 Å². The lowest BCUT2D eigenvalue weighted by molar-refractivity contribution is -0.220. The van der Waals surface area contributed by atoms with E-state index in [1.165, 1.54) is 218 Å². The maximum absolute atomic E-state index is 13.0. The first-order valence-corrected chi connectivity index (χ1v) is 30.6. The van der Waals surface area contributed by atoms with Crippen LogP contribution in [0.25, 0.3) is 0 Å². The SMILES string of the molecule is CCCCCCCCC/C=C/[C@@H](O)[C@H](COP(=O)(O)OC1C(O)C(O)C(O)[C@@H](O)C1O)NC(=O)CCCCCCCCCCCCCCCCCCCCCCCCCCCCCCCCCCC. The summed E-state index contributed by atoms with van der Waals surface area (Å²) in [6.07, 6.45) is 43.5. The van der Waals surface area contributed by atoms with Crippen LogP contribution in [0.4, 0.5) is 0 Å². The van der Waals surface area contributed by atoms with E-state index in [1.807, 2.05) is 6.08 Å². The van der Waals surface area contributed by atoms with Crippen LogP contribution >= 0.6 is 7.82 Å². The number of amides is 1. The van der Waals surface area contributed by atoms with E-state index >= 15 is 0 Å². The van der Waals surface area contributed by atoms with Gasteiger partial charge < -0.3 is 40.8 Å². The van der Waals surface area contributed by atoms with Gasteiger partial charge >= 0.3 is 7.82 Å². The zero-order valence-electron chi connectivity index (χ0n) is 44.4. The summed E-state index contributed by atoms with van der Waals surface area (Å²) < 4.78 is 22.9. The van der Waals surface area contributed by atoms with Crippen LogP contribution in [0.3, 0.4) is 0 Å². The van der Waals surface area contributed by atoms with Gasteiger partial charge in [0.25, 0.3) is 0 Å². The number of rotatable bonds is 50. The second kappa shape index (κ2) is 45.7. The van der Waals surface area contributed by atoms with Crippen LogP contribution in [0, 0.1) is 0 Å². The molecule has 0 aromatic carbocycles. The second-order valence-corrected chi connectivity index (χ2v) is 22.3. The van der Waals surface area contributed by atoms with Crippen LogP contribution in [0.2, 0.25) is 0 Å². The Labute approximate surface area is 422 Å². The Morgan fingerprint density at radius 3 is 1.10 bits per heavy atom. The largest absolute Gasteiger partial charge is 0.472 e. The van der Waals surface area contributed by atoms with Crippen molar-refractivity contribution in [1.29, 1.82) is 0 Å². The number of carbonyl (C=O) groups excluding carboxylic acids is 1. The third kappa shape index (κ3) is 36.6. The maximum atomic E-state index is 13.0. The Bertz CT molecular complexity index is 1210. The first kappa shape index (κ1) is 66.1. The van der Waals surface area contributed by atoms with Gasteiger partial charge in [0, 0.05) is 6.42 Å². The molecule has 1 rings (SSSR count). The lowest BCUT2D eigenvalue weighted by Gasteiger charge is -2.41. The molecule has 0 bridgehead atoms. The normalized spacial score (nSPS) is 21.5. The number of aliphatic hydroxyl groups excluding tert-OH is 6. The zero-order valence-corrected chi connectivity index (χ0v) is 45.3. The van der Waals surface area contributed by atoms with Crippen LogP contribution in [0.5, 0.6) is 0 Å². The molecule has 13 heteroatoms. The molecule has 1 aliphatic carbocycles. The van der Waals surface area contributed by atoms with Gasteiger partial charge in [0.1, 0.15) is 36.6 Å². The molecule has 0 heterocycles. The summed E-state index contributed by atoms with van der Waals surface area (Å²) in [4.78, 5) is 23.4. The van der Waals surface area contributed by atoms with E-state index in [0.29, 0.717) is 6.42 Å². The summed E-state index contributed by atoms with van der Waals surface area (Å²) in [5.74, 6) is -0.337. The van der Waals surface area contributed by atoms with Gasteiger partial charge in [-0.3, -0.25) is 13.8 Å². The van der Waals surface area contributed by atoms with Gasteiger partial charge in [0.2, 0.25) is 5.91 Å². The lowest BCUT2D eigenvalue weighted by Crippen LogP contribution is -2.64. The molecule has 0 radical (unpaired) electrons. The van der Waals surface area contributed by atoms with Crippen LogP contribution in [-0.2, 0) is 18.4 Å². The average Bonchev–Trinajstić information content (AvgIpc) is 3.33. The highest BCUT2D eigenvalue weighted by atomic mass is 31.2. The molecule has 0 aromatic rings. The molecule has 12 nitrogen and oxygen atoms in total. The van der Waals surface area contributed by atoms with Gasteiger partial charge in [0.15, 0.2) is 0 Å². The van der Waals surface area contributed by atoms with Gasteiger partial charge in [-0.15, -0.1) is 0 Å². The monoisotopic (exact) mass is 1000 g/mol. The molecule has 410 valence electrons. The fourth-order valence-corrected chi connectivity index (χ4v) is 10.6. The minimum Gasteiger partial charge on any atom is -0.387 e. The molecule has 8 N–H and O–H groups in total. The Balaban J connectivity index is 2.13. The van der Waals surface area contributed by atoms with Gasteiger partial charge in [-0.1, -0.05) is 270 Å². The van der Waals surface area contributed by atoms with Crippen molar-refractivity contribution in [3.05, 3.63) is 12.2 Å². The second-order valence-electron chi connectivity index (χ2n) is 20.9. The first-order valence-electron chi connectivity index (χ1n) is 29.1. The standard InChI is InChI=1S/C56H110NO11P/c1-3-5-7-9-11-13-14-15-16-17-18-19-20-21-22-23-24-25-26-27-28-29-30-31-32-33-34-35-36-38-40-42-44-46-50(59)57-48(49(58)45-43-41-39-37-12-10-8-6-4-2)47-67-69(65,66)68-56-54(63)52(61)51(60)53(62)55(56)64/h43,45,48-49,51-56,58,60-64H,3-42,44,46-47H2,1-2H3,(H,57,59)(H,65,66)/b45-43+/t48-,49+,51?,52+,53?,54?,55?,56?/m0/s1. The maximum Gasteiger partial charge on any atom is 0.472 e. The molecule has 0 saturated heterocycles. The minimum atomic E-state index is -5.07. The van der Waals surface area contributed by atoms with E-state index in [4.69, 9.17) is 9.05 Å². The molecule has 1 amide bonds. The van der Waals surface area contributed by atoms with E-state index in [-0.39, 0.29) is 12.3 Å². The summed E-state index contributed by atoms with van der Waals surface area (Å²) in [6, 6.07) is -1.11. The number of carbonyl (C=O) groups is 1. The Hall–Kier alpha value is -0.920. The third-order valence-electron chi connectivity index (χ3n) is 14.3. The number of phosphoric acid groups is 1. The zero-order chi connectivity index (χ0) is 50.6. The number of hydrogen-bond donors (Lipinski definition) is 8. The predicted molar refractivity (Wildman–Crippen MR) is 283 cm³/mol. The molecule has 0 spiro atoms.